The second-order valence-corrected chi connectivity index (χ2v) is 5.47. The van der Waals surface area contributed by atoms with Crippen LogP contribution in [0.15, 0.2) is 4.99 Å². The number of amides is 1. The van der Waals surface area contributed by atoms with Crippen LogP contribution in [0.4, 0.5) is 0 Å². The fourth-order valence-electron chi connectivity index (χ4n) is 2.66. The average Bonchev–Trinajstić information content (AvgIpc) is 2.33. The van der Waals surface area contributed by atoms with Crippen molar-refractivity contribution in [1.29, 1.82) is 0 Å². The molecule has 5 heteroatoms. The minimum Gasteiger partial charge on any atom is -0.357 e. The molecule has 0 aromatic rings. The van der Waals surface area contributed by atoms with Crippen molar-refractivity contribution in [2.75, 3.05) is 32.7 Å². The Labute approximate surface area is 116 Å². The van der Waals surface area contributed by atoms with Crippen molar-refractivity contribution >= 4 is 11.9 Å². The van der Waals surface area contributed by atoms with Crippen molar-refractivity contribution in [2.45, 2.75) is 34.1 Å². The molecule has 0 saturated carbocycles. The largest absolute Gasteiger partial charge is 0.357 e. The molecule has 1 fully saturated rings. The topological polar surface area (TPSA) is 56.7 Å². The molecule has 1 aliphatic heterocycles. The number of likely N-dealkylation sites (N-methyl/N-ethyl adjacent to an activating group) is 1. The van der Waals surface area contributed by atoms with Crippen LogP contribution in [0.3, 0.4) is 0 Å². The van der Waals surface area contributed by atoms with E-state index in [0.29, 0.717) is 18.4 Å². The number of aliphatic imine (C=N–C) groups is 1. The third-order valence-electron chi connectivity index (χ3n) is 3.25. The van der Waals surface area contributed by atoms with Crippen molar-refractivity contribution in [3.8, 4) is 0 Å². The minimum atomic E-state index is -0.0176. The predicted octanol–water partition coefficient (Wildman–Crippen LogP) is 1.07. The number of piperidine rings is 1. The monoisotopic (exact) mass is 268 g/mol. The third-order valence-corrected chi connectivity index (χ3v) is 3.25. The summed E-state index contributed by atoms with van der Waals surface area (Å²) in [5.74, 6) is 2.21. The van der Waals surface area contributed by atoms with Crippen molar-refractivity contribution in [2.24, 2.45) is 16.8 Å². The Bertz CT molecular complexity index is 307. The highest BCUT2D eigenvalue weighted by atomic mass is 16.1. The van der Waals surface area contributed by atoms with Crippen LogP contribution in [-0.4, -0.2) is 49.5 Å². The standard InChI is InChI=1S/C14H28N4O/c1-5-15-13(19)8-17-14(16-6-2)18-9-11(3)7-12(4)10-18/h11-12H,5-10H2,1-4H3,(H,15,19)(H,16,17). The molecule has 0 radical (unpaired) electrons. The molecule has 2 atom stereocenters. The first kappa shape index (κ1) is 15.8. The Morgan fingerprint density at radius 2 is 1.74 bits per heavy atom. The number of likely N-dealkylation sites (tertiary alicyclic amines) is 1. The summed E-state index contributed by atoms with van der Waals surface area (Å²) in [4.78, 5) is 18.2. The summed E-state index contributed by atoms with van der Waals surface area (Å²) in [7, 11) is 0. The van der Waals surface area contributed by atoms with E-state index in [0.717, 1.165) is 25.6 Å². The van der Waals surface area contributed by atoms with E-state index in [2.05, 4.69) is 41.3 Å². The lowest BCUT2D eigenvalue weighted by Crippen LogP contribution is -2.48. The SMILES string of the molecule is CCNC(=O)CN=C(NCC)N1CC(C)CC(C)C1. The Balaban J connectivity index is 2.64. The Morgan fingerprint density at radius 1 is 1.16 bits per heavy atom. The van der Waals surface area contributed by atoms with Gasteiger partial charge in [-0.3, -0.25) is 4.79 Å². The van der Waals surface area contributed by atoms with Crippen molar-refractivity contribution in [1.82, 2.24) is 15.5 Å². The summed E-state index contributed by atoms with van der Waals surface area (Å²) < 4.78 is 0. The van der Waals surface area contributed by atoms with E-state index in [9.17, 15) is 4.79 Å². The van der Waals surface area contributed by atoms with Gasteiger partial charge in [0.25, 0.3) is 0 Å². The van der Waals surface area contributed by atoms with E-state index < -0.39 is 0 Å². The van der Waals surface area contributed by atoms with Gasteiger partial charge in [-0.2, -0.15) is 0 Å². The second-order valence-electron chi connectivity index (χ2n) is 5.47. The second kappa shape index (κ2) is 8.02. The molecule has 2 N–H and O–H groups in total. The Kier molecular flexibility index (Phi) is 6.67. The summed E-state index contributed by atoms with van der Waals surface area (Å²) in [6.07, 6.45) is 1.27. The number of hydrogen-bond acceptors (Lipinski definition) is 2. The molecule has 0 aromatic carbocycles. The fraction of sp³-hybridized carbons (Fsp3) is 0.857. The molecule has 1 heterocycles. The van der Waals surface area contributed by atoms with Gasteiger partial charge in [0.15, 0.2) is 5.96 Å². The van der Waals surface area contributed by atoms with Gasteiger partial charge < -0.3 is 15.5 Å². The number of carbonyl (C=O) groups is 1. The van der Waals surface area contributed by atoms with E-state index in [1.165, 1.54) is 6.42 Å². The van der Waals surface area contributed by atoms with Gasteiger partial charge >= 0.3 is 0 Å². The molecule has 19 heavy (non-hydrogen) atoms. The van der Waals surface area contributed by atoms with Crippen LogP contribution in [0.2, 0.25) is 0 Å². The molecule has 5 nitrogen and oxygen atoms in total. The molecule has 1 aliphatic rings. The molecule has 2 unspecified atom stereocenters. The van der Waals surface area contributed by atoms with Gasteiger partial charge in [0.1, 0.15) is 6.54 Å². The van der Waals surface area contributed by atoms with E-state index in [-0.39, 0.29) is 12.5 Å². The first-order valence-corrected chi connectivity index (χ1v) is 7.36. The fourth-order valence-corrected chi connectivity index (χ4v) is 2.66. The van der Waals surface area contributed by atoms with Gasteiger partial charge in [0.05, 0.1) is 0 Å². The van der Waals surface area contributed by atoms with Crippen molar-refractivity contribution < 1.29 is 4.79 Å². The lowest BCUT2D eigenvalue weighted by atomic mass is 9.92. The Morgan fingerprint density at radius 3 is 2.26 bits per heavy atom. The smallest absolute Gasteiger partial charge is 0.241 e. The lowest BCUT2D eigenvalue weighted by molar-refractivity contribution is -0.119. The predicted molar refractivity (Wildman–Crippen MR) is 79.2 cm³/mol. The van der Waals surface area contributed by atoms with E-state index in [1.807, 2.05) is 6.92 Å². The van der Waals surface area contributed by atoms with Gasteiger partial charge in [0, 0.05) is 26.2 Å². The zero-order valence-electron chi connectivity index (χ0n) is 12.7. The van der Waals surface area contributed by atoms with Gasteiger partial charge in [0.2, 0.25) is 5.91 Å². The molecular weight excluding hydrogens is 240 g/mol. The zero-order chi connectivity index (χ0) is 14.3. The molecule has 0 bridgehead atoms. The van der Waals surface area contributed by atoms with Gasteiger partial charge in [-0.15, -0.1) is 0 Å². The summed E-state index contributed by atoms with van der Waals surface area (Å²) in [6.45, 7) is 12.2. The highest BCUT2D eigenvalue weighted by molar-refractivity contribution is 5.85. The number of rotatable bonds is 4. The average molecular weight is 268 g/mol. The molecular formula is C14H28N4O. The maximum Gasteiger partial charge on any atom is 0.241 e. The van der Waals surface area contributed by atoms with Crippen LogP contribution in [-0.2, 0) is 4.79 Å². The molecule has 0 aromatic heterocycles. The van der Waals surface area contributed by atoms with Gasteiger partial charge in [-0.1, -0.05) is 13.8 Å². The molecule has 1 saturated heterocycles. The van der Waals surface area contributed by atoms with E-state index in [1.54, 1.807) is 0 Å². The minimum absolute atomic E-state index is 0.0176. The number of hydrogen-bond donors (Lipinski definition) is 2. The van der Waals surface area contributed by atoms with Crippen LogP contribution in [0, 0.1) is 11.8 Å². The van der Waals surface area contributed by atoms with Gasteiger partial charge in [-0.25, -0.2) is 4.99 Å². The molecule has 110 valence electrons. The molecule has 1 rings (SSSR count). The Hall–Kier alpha value is -1.26. The summed E-state index contributed by atoms with van der Waals surface area (Å²) in [5, 5.41) is 6.06. The zero-order valence-corrected chi connectivity index (χ0v) is 12.7. The summed E-state index contributed by atoms with van der Waals surface area (Å²) >= 11 is 0. The van der Waals surface area contributed by atoms with Crippen LogP contribution in [0.5, 0.6) is 0 Å². The number of carbonyl (C=O) groups excluding carboxylic acids is 1. The van der Waals surface area contributed by atoms with Crippen LogP contribution in [0.25, 0.3) is 0 Å². The lowest BCUT2D eigenvalue weighted by Gasteiger charge is -2.37. The van der Waals surface area contributed by atoms with Gasteiger partial charge in [-0.05, 0) is 32.1 Å². The molecule has 0 aliphatic carbocycles. The molecule has 0 spiro atoms. The van der Waals surface area contributed by atoms with Crippen molar-refractivity contribution in [3.63, 3.8) is 0 Å². The van der Waals surface area contributed by atoms with Crippen LogP contribution in [0.1, 0.15) is 34.1 Å². The number of nitrogens with one attached hydrogen (secondary N) is 2. The number of nitrogens with zero attached hydrogens (tertiary/aromatic N) is 2. The summed E-state index contributed by atoms with van der Waals surface area (Å²) in [5.41, 5.74) is 0. The quantitative estimate of drug-likeness (QED) is 0.592. The van der Waals surface area contributed by atoms with E-state index in [4.69, 9.17) is 0 Å². The van der Waals surface area contributed by atoms with Crippen molar-refractivity contribution in [3.05, 3.63) is 0 Å². The van der Waals surface area contributed by atoms with Crippen LogP contribution >= 0.6 is 0 Å². The number of guanidine groups is 1. The first-order chi connectivity index (χ1) is 9.06. The highest BCUT2D eigenvalue weighted by Gasteiger charge is 2.24. The first-order valence-electron chi connectivity index (χ1n) is 7.36. The van der Waals surface area contributed by atoms with E-state index >= 15 is 0 Å². The molecule has 1 amide bonds. The maximum absolute atomic E-state index is 11.5. The normalized spacial score (nSPS) is 24.2. The maximum atomic E-state index is 11.5. The highest BCUT2D eigenvalue weighted by Crippen LogP contribution is 2.20. The summed E-state index contributed by atoms with van der Waals surface area (Å²) in [6, 6.07) is 0. The van der Waals surface area contributed by atoms with Crippen LogP contribution < -0.4 is 10.6 Å². The third kappa shape index (κ3) is 5.49.